The number of rotatable bonds is 14. The van der Waals surface area contributed by atoms with E-state index in [1.807, 2.05) is 55.5 Å². The third-order valence-electron chi connectivity index (χ3n) is 8.92. The summed E-state index contributed by atoms with van der Waals surface area (Å²) < 4.78 is 42.1. The molecule has 2 aliphatic rings. The quantitative estimate of drug-likeness (QED) is 0.0935. The van der Waals surface area contributed by atoms with Crippen LogP contribution in [0.25, 0.3) is 0 Å². The lowest BCUT2D eigenvalue weighted by atomic mass is 9.91. The normalized spacial score (nSPS) is 26.1. The molecule has 5 rings (SSSR count). The number of thioether (sulfide) groups is 1. The van der Waals surface area contributed by atoms with E-state index in [1.54, 1.807) is 11.8 Å². The van der Waals surface area contributed by atoms with Crippen LogP contribution in [0.5, 0.6) is 0 Å². The van der Waals surface area contributed by atoms with Crippen molar-refractivity contribution in [1.82, 2.24) is 10.2 Å². The number of hydrogen-bond donors (Lipinski definition) is 2. The monoisotopic (exact) mass is 831 g/mol. The minimum absolute atomic E-state index is 0.0387. The van der Waals surface area contributed by atoms with Crippen molar-refractivity contribution in [2.45, 2.75) is 108 Å². The highest BCUT2D eigenvalue weighted by molar-refractivity contribution is 8.01. The van der Waals surface area contributed by atoms with Crippen LogP contribution in [0.4, 0.5) is 5.69 Å². The van der Waals surface area contributed by atoms with E-state index in [1.165, 1.54) is 25.2 Å². The molecule has 15 nitrogen and oxygen atoms in total. The molecule has 56 heavy (non-hydrogen) atoms. The first-order valence-electron chi connectivity index (χ1n) is 17.8. The van der Waals surface area contributed by atoms with E-state index in [-0.39, 0.29) is 42.7 Å². The van der Waals surface area contributed by atoms with Gasteiger partial charge >= 0.3 is 23.9 Å². The predicted molar refractivity (Wildman–Crippen MR) is 208 cm³/mol. The van der Waals surface area contributed by atoms with Gasteiger partial charge in [0.1, 0.15) is 23.8 Å². The Hall–Kier alpha value is -4.04. The summed E-state index contributed by atoms with van der Waals surface area (Å²) in [6.45, 7) is 8.30. The molecular formula is C38H45N3O12S3. The highest BCUT2D eigenvalue weighted by Crippen LogP contribution is 2.43. The topological polar surface area (TPSA) is 191 Å². The van der Waals surface area contributed by atoms with Crippen molar-refractivity contribution in [2.75, 3.05) is 17.7 Å². The van der Waals surface area contributed by atoms with Gasteiger partial charge in [-0.25, -0.2) is 0 Å². The number of aromatic nitrogens is 2. The van der Waals surface area contributed by atoms with Crippen LogP contribution in [-0.4, -0.2) is 93.2 Å². The molecule has 3 aromatic rings. The van der Waals surface area contributed by atoms with Gasteiger partial charge in [-0.1, -0.05) is 78.6 Å². The van der Waals surface area contributed by atoms with Crippen LogP contribution in [0.3, 0.4) is 0 Å². The number of nitrogens with one attached hydrogen (secondary N) is 1. The van der Waals surface area contributed by atoms with E-state index in [4.69, 9.17) is 45.4 Å². The van der Waals surface area contributed by atoms with Gasteiger partial charge in [-0.05, 0) is 30.2 Å². The Morgan fingerprint density at radius 2 is 1.50 bits per heavy atom. The Balaban J connectivity index is 1.36. The maximum atomic E-state index is 12.3. The van der Waals surface area contributed by atoms with Crippen LogP contribution < -0.4 is 5.32 Å². The molecule has 2 N–H and O–H groups in total. The number of nitrogens with zero attached hydrogens (tertiary/aromatic N) is 2. The number of aryl methyl sites for hydroxylation is 1. The highest BCUT2D eigenvalue weighted by Gasteiger charge is 2.52. The Bertz CT molecular complexity index is 1860. The first kappa shape index (κ1) is 43.1. The standard InChI is InChI=1S/C38H45N3O12S3/c1-19-31(18-55-38-41-40-20(2)56-38)52-37(53-33(19)26-12-10-25(16-42)11-13-26)27-8-7-9-28(14-27)39-32(54)15-29-34(48-22(4)44)36(50-24(6)46)35(49-23(5)45)30(51-29)17-47-21(3)43/h7-14,19,29-31,33-37,42H,15-18H2,1-6H3,(H,39,54). The maximum absolute atomic E-state index is 12.3. The van der Waals surface area contributed by atoms with Gasteiger partial charge in [0.25, 0.3) is 0 Å². The Labute approximate surface area is 338 Å². The lowest BCUT2D eigenvalue weighted by Crippen LogP contribution is -2.62. The second-order valence-corrected chi connectivity index (χ2v) is 16.3. The summed E-state index contributed by atoms with van der Waals surface area (Å²) in [6.07, 6.45) is -7.28. The third-order valence-corrected chi connectivity index (χ3v) is 11.2. The molecule has 2 aliphatic heterocycles. The lowest BCUT2D eigenvalue weighted by molar-refractivity contribution is -0.268. The van der Waals surface area contributed by atoms with Gasteiger partial charge in [-0.2, -0.15) is 0 Å². The second kappa shape index (κ2) is 19.9. The summed E-state index contributed by atoms with van der Waals surface area (Å²) in [5.41, 5.74) is 3.06. The molecule has 2 saturated heterocycles. The van der Waals surface area contributed by atoms with Gasteiger partial charge in [-0.3, -0.25) is 19.2 Å². The Kier molecular flexibility index (Phi) is 15.3. The van der Waals surface area contributed by atoms with E-state index in [2.05, 4.69) is 22.4 Å². The smallest absolute Gasteiger partial charge is 0.303 e. The van der Waals surface area contributed by atoms with Crippen molar-refractivity contribution in [2.24, 2.45) is 5.92 Å². The number of carbonyl (C=O) groups is 4. The molecule has 0 saturated carbocycles. The molecule has 0 spiro atoms. The SMILES string of the molecule is CC(=O)OCC1OC(CC(=S)Nc2cccc(C3OC(CSc4nnc(C)s4)C(C)C(c4ccc(CO)cc4)O3)c2)C(OC(C)=O)C(OC(C)=O)C1OC(C)=O. The zero-order valence-electron chi connectivity index (χ0n) is 31.7. The largest absolute Gasteiger partial charge is 0.463 e. The fourth-order valence-corrected chi connectivity index (χ4v) is 8.73. The minimum atomic E-state index is -1.30. The molecule has 9 atom stereocenters. The number of thiocarbonyl (C=S) groups is 1. The summed E-state index contributed by atoms with van der Waals surface area (Å²) in [5.74, 6) is -2.19. The number of esters is 4. The second-order valence-electron chi connectivity index (χ2n) is 13.3. The van der Waals surface area contributed by atoms with E-state index >= 15 is 0 Å². The predicted octanol–water partition coefficient (Wildman–Crippen LogP) is 5.18. The van der Waals surface area contributed by atoms with Crippen LogP contribution in [0.15, 0.2) is 52.9 Å². The molecule has 0 radical (unpaired) electrons. The number of benzene rings is 2. The average molecular weight is 832 g/mol. The van der Waals surface area contributed by atoms with Crippen molar-refractivity contribution < 1.29 is 57.4 Å². The van der Waals surface area contributed by atoms with Crippen LogP contribution in [0.1, 0.15) is 75.1 Å². The molecule has 0 aliphatic carbocycles. The fourth-order valence-electron chi connectivity index (χ4n) is 6.44. The van der Waals surface area contributed by atoms with Crippen LogP contribution >= 0.6 is 35.3 Å². The molecule has 2 fully saturated rings. The van der Waals surface area contributed by atoms with Gasteiger partial charge in [0.15, 0.2) is 28.9 Å². The van der Waals surface area contributed by atoms with E-state index in [9.17, 15) is 24.3 Å². The molecule has 18 heteroatoms. The molecular weight excluding hydrogens is 787 g/mol. The summed E-state index contributed by atoms with van der Waals surface area (Å²) in [5, 5.41) is 22.1. The number of ether oxygens (including phenoxy) is 7. The summed E-state index contributed by atoms with van der Waals surface area (Å²) >= 11 is 8.87. The first-order valence-corrected chi connectivity index (χ1v) is 20.1. The van der Waals surface area contributed by atoms with E-state index < -0.39 is 60.7 Å². The van der Waals surface area contributed by atoms with Crippen LogP contribution in [-0.2, 0) is 58.9 Å². The number of hydrogen-bond acceptors (Lipinski definition) is 17. The van der Waals surface area contributed by atoms with Gasteiger partial charge in [0.05, 0.1) is 23.8 Å². The first-order chi connectivity index (χ1) is 26.7. The fraction of sp³-hybridized carbons (Fsp3) is 0.500. The zero-order chi connectivity index (χ0) is 40.5. The van der Waals surface area contributed by atoms with Crippen molar-refractivity contribution >= 4 is 69.9 Å². The highest BCUT2D eigenvalue weighted by atomic mass is 32.2. The van der Waals surface area contributed by atoms with Gasteiger partial charge in [-0.15, -0.1) is 10.2 Å². The van der Waals surface area contributed by atoms with Crippen molar-refractivity contribution in [3.8, 4) is 0 Å². The molecule has 9 unspecified atom stereocenters. The molecule has 302 valence electrons. The summed E-state index contributed by atoms with van der Waals surface area (Å²) in [6, 6.07) is 15.0. The van der Waals surface area contributed by atoms with Crippen LogP contribution in [0.2, 0.25) is 0 Å². The van der Waals surface area contributed by atoms with E-state index in [0.717, 1.165) is 39.9 Å². The molecule has 3 heterocycles. The van der Waals surface area contributed by atoms with Gasteiger partial charge < -0.3 is 43.6 Å². The number of aliphatic hydroxyl groups is 1. The number of carbonyl (C=O) groups excluding carboxylic acids is 4. The molecule has 0 bridgehead atoms. The number of anilines is 1. The third kappa shape index (κ3) is 11.7. The van der Waals surface area contributed by atoms with Crippen molar-refractivity contribution in [3.63, 3.8) is 0 Å². The average Bonchev–Trinajstić information content (AvgIpc) is 3.57. The molecule has 1 aromatic heterocycles. The van der Waals surface area contributed by atoms with Crippen LogP contribution in [0, 0.1) is 12.8 Å². The lowest BCUT2D eigenvalue weighted by Gasteiger charge is -2.44. The Morgan fingerprint density at radius 1 is 0.839 bits per heavy atom. The van der Waals surface area contributed by atoms with Gasteiger partial charge in [0, 0.05) is 57.0 Å². The zero-order valence-corrected chi connectivity index (χ0v) is 34.1. The summed E-state index contributed by atoms with van der Waals surface area (Å²) in [4.78, 5) is 48.6. The van der Waals surface area contributed by atoms with Gasteiger partial charge in [0.2, 0.25) is 0 Å². The molecule has 0 amide bonds. The molecule has 2 aromatic carbocycles. The van der Waals surface area contributed by atoms with E-state index in [0.29, 0.717) is 11.4 Å². The summed E-state index contributed by atoms with van der Waals surface area (Å²) in [7, 11) is 0. The van der Waals surface area contributed by atoms with Crippen molar-refractivity contribution in [3.05, 3.63) is 70.2 Å². The maximum Gasteiger partial charge on any atom is 0.303 e. The number of aliphatic hydroxyl groups excluding tert-OH is 1. The van der Waals surface area contributed by atoms with Crippen molar-refractivity contribution in [1.29, 1.82) is 0 Å². The minimum Gasteiger partial charge on any atom is -0.463 e. The Morgan fingerprint density at radius 3 is 2.11 bits per heavy atom.